The Hall–Kier alpha value is -3.83. The van der Waals surface area contributed by atoms with Gasteiger partial charge in [-0.05, 0) is 12.1 Å². The molecule has 0 atom stereocenters. The molecule has 2 amide bonds. The Morgan fingerprint density at radius 3 is 2.79 bits per heavy atom. The predicted molar refractivity (Wildman–Crippen MR) is 96.5 cm³/mol. The average molecular weight is 391 g/mol. The van der Waals surface area contributed by atoms with Crippen LogP contribution in [0.5, 0.6) is 11.5 Å². The number of nitrogens with zero attached hydrogens (tertiary/aromatic N) is 3. The van der Waals surface area contributed by atoms with Gasteiger partial charge in [-0.2, -0.15) is 9.61 Å². The molecule has 1 aliphatic rings. The average Bonchev–Trinajstić information content (AvgIpc) is 3.21. The van der Waals surface area contributed by atoms with E-state index in [4.69, 9.17) is 0 Å². The summed E-state index contributed by atoms with van der Waals surface area (Å²) in [7, 11) is 3.16. The Morgan fingerprint density at radius 1 is 1.21 bits per heavy atom. The number of halogens is 2. The van der Waals surface area contributed by atoms with Gasteiger partial charge < -0.3 is 30.7 Å². The molecular formula is C16H15F2N7O3. The first-order valence-electron chi connectivity index (χ1n) is 8.11. The minimum absolute atomic E-state index is 0.0868. The molecular weight excluding hydrogens is 376 g/mol. The SMILES string of the molecule is CNC(=O)Nc1cnn2c(NC)cc(Nc3cccc4c3OC(F)(F)O4)nc12. The van der Waals surface area contributed by atoms with Gasteiger partial charge in [0, 0.05) is 20.2 Å². The van der Waals surface area contributed by atoms with E-state index in [9.17, 15) is 13.6 Å². The van der Waals surface area contributed by atoms with Crippen molar-refractivity contribution in [1.29, 1.82) is 0 Å². The van der Waals surface area contributed by atoms with Crippen molar-refractivity contribution in [3.8, 4) is 11.5 Å². The van der Waals surface area contributed by atoms with Crippen molar-refractivity contribution in [1.82, 2.24) is 19.9 Å². The van der Waals surface area contributed by atoms with Crippen LogP contribution in [0.2, 0.25) is 0 Å². The third kappa shape index (κ3) is 3.04. The lowest BCUT2D eigenvalue weighted by Gasteiger charge is -2.12. The van der Waals surface area contributed by atoms with Crippen LogP contribution in [0.4, 0.5) is 36.6 Å². The fourth-order valence-corrected chi connectivity index (χ4v) is 2.68. The van der Waals surface area contributed by atoms with Crippen molar-refractivity contribution in [2.45, 2.75) is 6.29 Å². The first kappa shape index (κ1) is 17.6. The zero-order valence-corrected chi connectivity index (χ0v) is 14.7. The van der Waals surface area contributed by atoms with E-state index < -0.39 is 12.3 Å². The maximum atomic E-state index is 13.4. The van der Waals surface area contributed by atoms with Gasteiger partial charge in [0.1, 0.15) is 17.3 Å². The van der Waals surface area contributed by atoms with Gasteiger partial charge in [0.15, 0.2) is 17.1 Å². The summed E-state index contributed by atoms with van der Waals surface area (Å²) in [5, 5.41) is 15.1. The van der Waals surface area contributed by atoms with Gasteiger partial charge in [-0.25, -0.2) is 9.78 Å². The number of hydrogen-bond donors (Lipinski definition) is 4. The number of hydrogen-bond acceptors (Lipinski definition) is 7. The highest BCUT2D eigenvalue weighted by molar-refractivity contribution is 5.93. The lowest BCUT2D eigenvalue weighted by atomic mass is 10.2. The number of amides is 2. The number of rotatable bonds is 4. The summed E-state index contributed by atoms with van der Waals surface area (Å²) >= 11 is 0. The smallest absolute Gasteiger partial charge is 0.395 e. The quantitative estimate of drug-likeness (QED) is 0.541. The second-order valence-electron chi connectivity index (χ2n) is 5.70. The Kier molecular flexibility index (Phi) is 4.02. The molecule has 1 aromatic carbocycles. The van der Waals surface area contributed by atoms with Gasteiger partial charge in [-0.15, -0.1) is 8.78 Å². The monoisotopic (exact) mass is 391 g/mol. The van der Waals surface area contributed by atoms with Crippen LogP contribution in [-0.2, 0) is 0 Å². The minimum atomic E-state index is -3.73. The van der Waals surface area contributed by atoms with Gasteiger partial charge in [0.2, 0.25) is 0 Å². The summed E-state index contributed by atoms with van der Waals surface area (Å²) in [5.41, 5.74) is 0.950. The van der Waals surface area contributed by atoms with E-state index in [0.29, 0.717) is 23.0 Å². The van der Waals surface area contributed by atoms with E-state index in [1.165, 1.54) is 23.8 Å². The fourth-order valence-electron chi connectivity index (χ4n) is 2.68. The number of benzene rings is 1. The Bertz CT molecular complexity index is 1070. The molecule has 1 aliphatic heterocycles. The Morgan fingerprint density at radius 2 is 2.04 bits per heavy atom. The predicted octanol–water partition coefficient (Wildman–Crippen LogP) is 2.59. The van der Waals surface area contributed by atoms with Crippen molar-refractivity contribution >= 4 is 34.7 Å². The molecule has 10 nitrogen and oxygen atoms in total. The van der Waals surface area contributed by atoms with Gasteiger partial charge in [-0.3, -0.25) is 0 Å². The third-order valence-corrected chi connectivity index (χ3v) is 3.89. The molecule has 0 saturated heterocycles. The van der Waals surface area contributed by atoms with E-state index in [-0.39, 0.29) is 17.2 Å². The molecule has 12 heteroatoms. The van der Waals surface area contributed by atoms with Crippen LogP contribution in [-0.4, -0.2) is 41.0 Å². The summed E-state index contributed by atoms with van der Waals surface area (Å²) in [5.74, 6) is 0.644. The molecule has 0 spiro atoms. The number of carbonyl (C=O) groups excluding carboxylic acids is 1. The number of ether oxygens (including phenoxy) is 2. The van der Waals surface area contributed by atoms with Crippen LogP contribution in [0.3, 0.4) is 0 Å². The van der Waals surface area contributed by atoms with Crippen molar-refractivity contribution in [2.24, 2.45) is 0 Å². The second-order valence-corrected chi connectivity index (χ2v) is 5.70. The molecule has 0 bridgehead atoms. The standard InChI is InChI=1S/C16H15F2N7O3/c1-19-12-6-11(24-14-9(7-21-25(12)14)23-15(26)20-2)22-8-4-3-5-10-13(8)28-16(17,18)27-10/h3-7,19H,1-2H3,(H,22,24)(H2,20,23,26). The molecule has 0 unspecified atom stereocenters. The fraction of sp³-hybridized carbons (Fsp3) is 0.188. The van der Waals surface area contributed by atoms with Crippen LogP contribution < -0.4 is 30.7 Å². The van der Waals surface area contributed by atoms with Crippen LogP contribution in [0, 0.1) is 0 Å². The van der Waals surface area contributed by atoms with Crippen LogP contribution in [0.1, 0.15) is 0 Å². The minimum Gasteiger partial charge on any atom is -0.395 e. The van der Waals surface area contributed by atoms with Gasteiger partial charge in [0.25, 0.3) is 0 Å². The van der Waals surface area contributed by atoms with Gasteiger partial charge >= 0.3 is 12.3 Å². The van der Waals surface area contributed by atoms with Crippen LogP contribution in [0.15, 0.2) is 30.5 Å². The summed E-state index contributed by atoms with van der Waals surface area (Å²) in [4.78, 5) is 16.0. The number of anilines is 4. The largest absolute Gasteiger partial charge is 0.586 e. The van der Waals surface area contributed by atoms with Crippen LogP contribution >= 0.6 is 0 Å². The summed E-state index contributed by atoms with van der Waals surface area (Å²) in [6, 6.07) is 5.65. The van der Waals surface area contributed by atoms with E-state index in [0.717, 1.165) is 0 Å². The molecule has 3 heterocycles. The van der Waals surface area contributed by atoms with E-state index in [2.05, 4.69) is 40.8 Å². The number of para-hydroxylation sites is 1. The Labute approximate surface area is 156 Å². The number of urea groups is 1. The number of alkyl halides is 2. The lowest BCUT2D eigenvalue weighted by molar-refractivity contribution is -0.286. The van der Waals surface area contributed by atoms with E-state index in [1.54, 1.807) is 25.2 Å². The van der Waals surface area contributed by atoms with Gasteiger partial charge in [-0.1, -0.05) is 6.07 Å². The zero-order chi connectivity index (χ0) is 19.9. The van der Waals surface area contributed by atoms with E-state index >= 15 is 0 Å². The molecule has 0 radical (unpaired) electrons. The molecule has 0 fully saturated rings. The summed E-state index contributed by atoms with van der Waals surface area (Å²) < 4.78 is 37.3. The maximum Gasteiger partial charge on any atom is 0.586 e. The lowest BCUT2D eigenvalue weighted by Crippen LogP contribution is -2.26. The number of nitrogens with one attached hydrogen (secondary N) is 4. The summed E-state index contributed by atoms with van der Waals surface area (Å²) in [6.07, 6.45) is -2.29. The molecule has 4 N–H and O–H groups in total. The normalized spacial score (nSPS) is 14.0. The molecule has 0 saturated carbocycles. The first-order valence-corrected chi connectivity index (χ1v) is 8.11. The zero-order valence-electron chi connectivity index (χ0n) is 14.7. The molecule has 2 aromatic heterocycles. The number of fused-ring (bicyclic) bond motifs is 2. The topological polar surface area (TPSA) is 114 Å². The van der Waals surface area contributed by atoms with Crippen molar-refractivity contribution < 1.29 is 23.0 Å². The number of aromatic nitrogens is 3. The molecule has 0 aliphatic carbocycles. The van der Waals surface area contributed by atoms with Gasteiger partial charge in [0.05, 0.1) is 11.9 Å². The summed E-state index contributed by atoms with van der Waals surface area (Å²) in [6.45, 7) is 0. The third-order valence-electron chi connectivity index (χ3n) is 3.89. The Balaban J connectivity index is 1.73. The highest BCUT2D eigenvalue weighted by Crippen LogP contribution is 2.46. The van der Waals surface area contributed by atoms with Crippen molar-refractivity contribution in [2.75, 3.05) is 30.0 Å². The van der Waals surface area contributed by atoms with Crippen molar-refractivity contribution in [3.63, 3.8) is 0 Å². The van der Waals surface area contributed by atoms with E-state index in [1.807, 2.05) is 0 Å². The second kappa shape index (κ2) is 6.40. The van der Waals surface area contributed by atoms with Crippen LogP contribution in [0.25, 0.3) is 5.65 Å². The van der Waals surface area contributed by atoms with Crippen molar-refractivity contribution in [3.05, 3.63) is 30.5 Å². The molecule has 28 heavy (non-hydrogen) atoms. The molecule has 4 rings (SSSR count). The maximum absolute atomic E-state index is 13.4. The highest BCUT2D eigenvalue weighted by Gasteiger charge is 2.44. The first-order chi connectivity index (χ1) is 13.4. The molecule has 146 valence electrons. The molecule has 3 aromatic rings. The number of carbonyl (C=O) groups is 1. The highest BCUT2D eigenvalue weighted by atomic mass is 19.3.